The molecule has 9 nitrogen and oxygen atoms in total. The van der Waals surface area contributed by atoms with Crippen molar-refractivity contribution >= 4 is 17.9 Å². The first-order valence-corrected chi connectivity index (χ1v) is 21.6. The molecule has 0 saturated carbocycles. The van der Waals surface area contributed by atoms with Gasteiger partial charge in [0.2, 0.25) is 0 Å². The molecule has 0 saturated heterocycles. The molecule has 0 radical (unpaired) electrons. The van der Waals surface area contributed by atoms with Gasteiger partial charge in [0.25, 0.3) is 6.29 Å². The third-order valence-electron chi connectivity index (χ3n) is 8.73. The molecule has 0 aliphatic rings. The van der Waals surface area contributed by atoms with Crippen molar-refractivity contribution < 1.29 is 42.9 Å². The number of carbonyl (C=O) groups excluding carboxylic acids is 2. The van der Waals surface area contributed by atoms with Crippen LogP contribution in [0.3, 0.4) is 0 Å². The Morgan fingerprint density at radius 3 is 1.59 bits per heavy atom. The van der Waals surface area contributed by atoms with Crippen molar-refractivity contribution in [1.82, 2.24) is 0 Å². The lowest BCUT2D eigenvalue weighted by atomic mass is 10.1. The van der Waals surface area contributed by atoms with Crippen LogP contribution in [0, 0.1) is 0 Å². The minimum absolute atomic E-state index is 0.0231. The van der Waals surface area contributed by atoms with Crippen LogP contribution in [0.5, 0.6) is 0 Å². The highest BCUT2D eigenvalue weighted by Crippen LogP contribution is 2.12. The second-order valence-electron chi connectivity index (χ2n) is 15.3. The Kier molecular flexibility index (Phi) is 36.3. The first-order valence-electron chi connectivity index (χ1n) is 21.6. The Balaban J connectivity index is 4.62. The standard InChI is InChI=1S/C47H79NO8/c1-6-8-10-12-14-16-18-20-22-24-25-27-29-31-33-35-37-44(49)54-41-43(42-55-47(46(51)52)53-40-39-48(3,4)5)56-45(50)38-36-34-32-30-28-26-23-21-19-17-15-13-11-9-7-2/h9,11,15,17,21-24,28,30,34,36,43,47H,6-8,10,12-14,16,18-20,25-27,29,31-33,35,37-42H2,1-5H3/p+1/b11-9-,17-15-,23-21-,24-22-,30-28-,36-34-. The summed E-state index contributed by atoms with van der Waals surface area (Å²) in [6.45, 7) is 4.60. The number of carbonyl (C=O) groups is 3. The number of aliphatic carboxylic acids is 1. The van der Waals surface area contributed by atoms with Crippen molar-refractivity contribution in [3.63, 3.8) is 0 Å². The highest BCUT2D eigenvalue weighted by atomic mass is 16.7. The summed E-state index contributed by atoms with van der Waals surface area (Å²) in [5.41, 5.74) is 0. The van der Waals surface area contributed by atoms with Crippen molar-refractivity contribution in [3.8, 4) is 0 Å². The van der Waals surface area contributed by atoms with Crippen LogP contribution < -0.4 is 0 Å². The number of esters is 2. The summed E-state index contributed by atoms with van der Waals surface area (Å²) in [5.74, 6) is -2.19. The van der Waals surface area contributed by atoms with E-state index in [2.05, 4.69) is 68.5 Å². The number of likely N-dealkylation sites (N-methyl/N-ethyl adjacent to an activating group) is 1. The molecular formula is C47H80NO8+. The van der Waals surface area contributed by atoms with Gasteiger partial charge in [0.15, 0.2) is 6.10 Å². The van der Waals surface area contributed by atoms with Crippen LogP contribution in [-0.2, 0) is 33.3 Å². The van der Waals surface area contributed by atoms with E-state index in [1.807, 2.05) is 33.3 Å². The quantitative estimate of drug-likeness (QED) is 0.0217. The Bertz CT molecular complexity index is 1150. The number of carboxylic acids is 1. The van der Waals surface area contributed by atoms with Crippen molar-refractivity contribution in [2.45, 2.75) is 161 Å². The van der Waals surface area contributed by atoms with E-state index in [0.717, 1.165) is 64.2 Å². The Labute approximate surface area is 341 Å². The summed E-state index contributed by atoms with van der Waals surface area (Å²) in [7, 11) is 5.91. The molecule has 1 N–H and O–H groups in total. The van der Waals surface area contributed by atoms with Gasteiger partial charge < -0.3 is 28.5 Å². The molecule has 0 amide bonds. The second kappa shape index (κ2) is 38.6. The maximum absolute atomic E-state index is 12.7. The number of allylic oxidation sites excluding steroid dienone is 11. The van der Waals surface area contributed by atoms with Gasteiger partial charge in [-0.1, -0.05) is 145 Å². The third-order valence-corrected chi connectivity index (χ3v) is 8.73. The van der Waals surface area contributed by atoms with Crippen LogP contribution in [0.4, 0.5) is 0 Å². The molecule has 0 aromatic rings. The molecule has 0 aromatic heterocycles. The Hall–Kier alpha value is -3.27. The highest BCUT2D eigenvalue weighted by Gasteiger charge is 2.24. The van der Waals surface area contributed by atoms with Crippen molar-refractivity contribution in [1.29, 1.82) is 0 Å². The summed E-state index contributed by atoms with van der Waals surface area (Å²) in [6, 6.07) is 0. The van der Waals surface area contributed by atoms with E-state index in [-0.39, 0.29) is 38.6 Å². The van der Waals surface area contributed by atoms with Gasteiger partial charge in [-0.15, -0.1) is 0 Å². The van der Waals surface area contributed by atoms with Crippen LogP contribution in [0.25, 0.3) is 0 Å². The third kappa shape index (κ3) is 39.0. The summed E-state index contributed by atoms with van der Waals surface area (Å²) < 4.78 is 22.5. The number of ether oxygens (including phenoxy) is 4. The molecule has 56 heavy (non-hydrogen) atoms. The zero-order chi connectivity index (χ0) is 41.4. The minimum Gasteiger partial charge on any atom is -0.477 e. The predicted octanol–water partition coefficient (Wildman–Crippen LogP) is 11.2. The molecule has 0 aromatic carbocycles. The van der Waals surface area contributed by atoms with Gasteiger partial charge in [0.05, 0.1) is 40.8 Å². The number of carboxylic acid groups (broad SMARTS) is 1. The van der Waals surface area contributed by atoms with E-state index in [4.69, 9.17) is 18.9 Å². The molecule has 0 aliphatic heterocycles. The SMILES string of the molecule is CC/C=C\C/C=C\C/C=C\C/C=C\C/C=C\CC(=O)OC(COC(=O)CCCCCCC/C=C\CCCCCCCCC)COC(OCC[N+](C)(C)C)C(=O)O. The molecule has 0 spiro atoms. The van der Waals surface area contributed by atoms with Crippen LogP contribution in [0.2, 0.25) is 0 Å². The van der Waals surface area contributed by atoms with Gasteiger partial charge >= 0.3 is 17.9 Å². The smallest absolute Gasteiger partial charge is 0.361 e. The lowest BCUT2D eigenvalue weighted by Gasteiger charge is -2.25. The van der Waals surface area contributed by atoms with Gasteiger partial charge in [0.1, 0.15) is 13.2 Å². The Morgan fingerprint density at radius 1 is 0.571 bits per heavy atom. The molecule has 2 atom stereocenters. The first kappa shape index (κ1) is 52.7. The average molecular weight is 787 g/mol. The molecule has 9 heteroatoms. The molecule has 0 heterocycles. The number of quaternary nitrogens is 1. The zero-order valence-corrected chi connectivity index (χ0v) is 36.0. The van der Waals surface area contributed by atoms with E-state index in [9.17, 15) is 19.5 Å². The van der Waals surface area contributed by atoms with Crippen molar-refractivity contribution in [3.05, 3.63) is 72.9 Å². The molecule has 2 unspecified atom stereocenters. The van der Waals surface area contributed by atoms with Crippen molar-refractivity contribution in [2.75, 3.05) is 47.5 Å². The molecule has 0 rings (SSSR count). The van der Waals surface area contributed by atoms with Crippen LogP contribution in [-0.4, -0.2) is 87.4 Å². The van der Waals surface area contributed by atoms with Gasteiger partial charge in [-0.25, -0.2) is 4.79 Å². The van der Waals surface area contributed by atoms with Crippen LogP contribution in [0.15, 0.2) is 72.9 Å². The van der Waals surface area contributed by atoms with Crippen molar-refractivity contribution in [2.24, 2.45) is 0 Å². The average Bonchev–Trinajstić information content (AvgIpc) is 3.15. The lowest BCUT2D eigenvalue weighted by Crippen LogP contribution is -2.40. The molecule has 0 bridgehead atoms. The monoisotopic (exact) mass is 787 g/mol. The van der Waals surface area contributed by atoms with E-state index >= 15 is 0 Å². The molecule has 0 fully saturated rings. The minimum atomic E-state index is -1.54. The van der Waals surface area contributed by atoms with Gasteiger partial charge in [-0.05, 0) is 64.2 Å². The highest BCUT2D eigenvalue weighted by molar-refractivity contribution is 5.72. The van der Waals surface area contributed by atoms with Crippen LogP contribution in [0.1, 0.15) is 149 Å². The largest absolute Gasteiger partial charge is 0.477 e. The summed E-state index contributed by atoms with van der Waals surface area (Å²) in [4.78, 5) is 37.0. The summed E-state index contributed by atoms with van der Waals surface area (Å²) >= 11 is 0. The van der Waals surface area contributed by atoms with E-state index in [1.54, 1.807) is 6.08 Å². The fraction of sp³-hybridized carbons (Fsp3) is 0.681. The zero-order valence-electron chi connectivity index (χ0n) is 36.0. The topological polar surface area (TPSA) is 108 Å². The molecule has 320 valence electrons. The fourth-order valence-electron chi connectivity index (χ4n) is 5.37. The Morgan fingerprint density at radius 2 is 1.07 bits per heavy atom. The summed E-state index contributed by atoms with van der Waals surface area (Å²) in [5, 5.41) is 9.61. The maximum atomic E-state index is 12.7. The van der Waals surface area contributed by atoms with E-state index < -0.39 is 24.3 Å². The van der Waals surface area contributed by atoms with E-state index in [1.165, 1.54) is 51.4 Å². The number of rotatable bonds is 38. The van der Waals surface area contributed by atoms with Crippen LogP contribution >= 0.6 is 0 Å². The second-order valence-corrected chi connectivity index (χ2v) is 15.3. The van der Waals surface area contributed by atoms with Gasteiger partial charge in [-0.3, -0.25) is 9.59 Å². The number of unbranched alkanes of at least 4 members (excludes halogenated alkanes) is 12. The fourth-order valence-corrected chi connectivity index (χ4v) is 5.37. The number of hydrogen-bond donors (Lipinski definition) is 1. The lowest BCUT2D eigenvalue weighted by molar-refractivity contribution is -0.870. The number of nitrogens with zero attached hydrogens (tertiary/aromatic N) is 1. The normalized spacial score (nSPS) is 13.7. The number of hydrogen-bond acceptors (Lipinski definition) is 7. The maximum Gasteiger partial charge on any atom is 0.361 e. The van der Waals surface area contributed by atoms with E-state index in [0.29, 0.717) is 17.4 Å². The molecule has 0 aliphatic carbocycles. The van der Waals surface area contributed by atoms with Gasteiger partial charge in [-0.2, -0.15) is 0 Å². The van der Waals surface area contributed by atoms with Gasteiger partial charge in [0, 0.05) is 6.42 Å². The summed E-state index contributed by atoms with van der Waals surface area (Å²) in [6.07, 6.45) is 44.2. The predicted molar refractivity (Wildman–Crippen MR) is 230 cm³/mol. The molecular weight excluding hydrogens is 707 g/mol. The first-order chi connectivity index (χ1) is 27.1.